The van der Waals surface area contributed by atoms with Crippen molar-refractivity contribution in [3.05, 3.63) is 41.0 Å². The van der Waals surface area contributed by atoms with Crippen molar-refractivity contribution in [2.24, 2.45) is 0 Å². The molecule has 2 N–H and O–H groups in total. The third-order valence-corrected chi connectivity index (χ3v) is 3.15. The summed E-state index contributed by atoms with van der Waals surface area (Å²) >= 11 is 3.41. The molecule has 20 heavy (non-hydrogen) atoms. The second kappa shape index (κ2) is 7.21. The zero-order valence-electron chi connectivity index (χ0n) is 11.6. The van der Waals surface area contributed by atoms with E-state index in [9.17, 15) is 0 Å². The molecule has 0 saturated heterocycles. The van der Waals surface area contributed by atoms with E-state index in [4.69, 9.17) is 0 Å². The van der Waals surface area contributed by atoms with Gasteiger partial charge in [0.2, 0.25) is 5.95 Å². The Morgan fingerprint density at radius 3 is 2.60 bits per heavy atom. The number of halogens is 1. The van der Waals surface area contributed by atoms with Gasteiger partial charge in [-0.15, -0.1) is 0 Å². The summed E-state index contributed by atoms with van der Waals surface area (Å²) in [6.07, 6.45) is 1.74. The van der Waals surface area contributed by atoms with Crippen LogP contribution >= 0.6 is 15.9 Å². The highest BCUT2D eigenvalue weighted by Crippen LogP contribution is 2.17. The van der Waals surface area contributed by atoms with Crippen molar-refractivity contribution in [2.75, 3.05) is 37.8 Å². The highest BCUT2D eigenvalue weighted by molar-refractivity contribution is 9.10. The van der Waals surface area contributed by atoms with Crippen molar-refractivity contribution in [3.63, 3.8) is 0 Å². The van der Waals surface area contributed by atoms with Crippen molar-refractivity contribution in [3.8, 4) is 0 Å². The summed E-state index contributed by atoms with van der Waals surface area (Å²) in [6, 6.07) is 9.75. The minimum atomic E-state index is 0.585. The molecule has 1 aromatic carbocycles. The summed E-state index contributed by atoms with van der Waals surface area (Å²) in [5.41, 5.74) is 0.957. The number of rotatable bonds is 6. The Kier molecular flexibility index (Phi) is 5.31. The third kappa shape index (κ3) is 4.79. The van der Waals surface area contributed by atoms with Crippen LogP contribution in [0.3, 0.4) is 0 Å². The molecular formula is C14H18BrN5. The number of aromatic nitrogens is 2. The van der Waals surface area contributed by atoms with Crippen molar-refractivity contribution in [1.29, 1.82) is 0 Å². The van der Waals surface area contributed by atoms with Gasteiger partial charge in [-0.05, 0) is 44.4 Å². The molecule has 106 valence electrons. The Bertz CT molecular complexity index is 542. The summed E-state index contributed by atoms with van der Waals surface area (Å²) in [6.45, 7) is 1.81. The number of anilines is 3. The maximum absolute atomic E-state index is 4.42. The van der Waals surface area contributed by atoms with Gasteiger partial charge in [-0.25, -0.2) is 4.98 Å². The van der Waals surface area contributed by atoms with Gasteiger partial charge in [0.1, 0.15) is 5.82 Å². The lowest BCUT2D eigenvalue weighted by molar-refractivity contribution is 0.425. The Hall–Kier alpha value is -1.66. The topological polar surface area (TPSA) is 53.1 Å². The molecule has 5 nitrogen and oxygen atoms in total. The minimum absolute atomic E-state index is 0.585. The molecule has 6 heteroatoms. The summed E-state index contributed by atoms with van der Waals surface area (Å²) < 4.78 is 1.04. The van der Waals surface area contributed by atoms with Gasteiger partial charge in [-0.3, -0.25) is 0 Å². The highest BCUT2D eigenvalue weighted by atomic mass is 79.9. The van der Waals surface area contributed by atoms with Crippen molar-refractivity contribution in [2.45, 2.75) is 0 Å². The van der Waals surface area contributed by atoms with Crippen LogP contribution in [0.4, 0.5) is 17.5 Å². The van der Waals surface area contributed by atoms with E-state index in [0.717, 1.165) is 29.1 Å². The van der Waals surface area contributed by atoms with E-state index in [0.29, 0.717) is 5.95 Å². The molecule has 0 saturated carbocycles. The van der Waals surface area contributed by atoms with Gasteiger partial charge in [0.15, 0.2) is 0 Å². The molecule has 0 spiro atoms. The quantitative estimate of drug-likeness (QED) is 0.849. The predicted octanol–water partition coefficient (Wildman–Crippen LogP) is 2.96. The van der Waals surface area contributed by atoms with Crippen molar-refractivity contribution in [1.82, 2.24) is 14.9 Å². The molecule has 2 aromatic rings. The van der Waals surface area contributed by atoms with E-state index in [1.807, 2.05) is 44.4 Å². The van der Waals surface area contributed by atoms with E-state index in [-0.39, 0.29) is 0 Å². The van der Waals surface area contributed by atoms with Crippen LogP contribution in [0.15, 0.2) is 41.0 Å². The normalized spacial score (nSPS) is 10.6. The second-order valence-corrected chi connectivity index (χ2v) is 5.54. The Morgan fingerprint density at radius 2 is 1.90 bits per heavy atom. The largest absolute Gasteiger partial charge is 0.369 e. The maximum Gasteiger partial charge on any atom is 0.229 e. The van der Waals surface area contributed by atoms with Gasteiger partial charge in [0.05, 0.1) is 0 Å². The zero-order valence-corrected chi connectivity index (χ0v) is 13.2. The number of hydrogen-bond acceptors (Lipinski definition) is 5. The highest BCUT2D eigenvalue weighted by Gasteiger charge is 2.00. The molecule has 0 unspecified atom stereocenters. The first kappa shape index (κ1) is 14.7. The minimum Gasteiger partial charge on any atom is -0.369 e. The molecule has 2 rings (SSSR count). The smallest absolute Gasteiger partial charge is 0.229 e. The van der Waals surface area contributed by atoms with Gasteiger partial charge in [-0.2, -0.15) is 4.98 Å². The molecule has 0 aliphatic carbocycles. The standard InChI is InChI=1S/C14H18BrN5/c1-20(2)10-9-16-13-7-8-17-14(19-13)18-12-5-3-11(15)4-6-12/h3-8H,9-10H2,1-2H3,(H2,16,17,18,19). The summed E-state index contributed by atoms with van der Waals surface area (Å²) in [4.78, 5) is 10.8. The summed E-state index contributed by atoms with van der Waals surface area (Å²) in [5.74, 6) is 1.41. The van der Waals surface area contributed by atoms with E-state index < -0.39 is 0 Å². The number of hydrogen-bond donors (Lipinski definition) is 2. The van der Waals surface area contributed by atoms with E-state index >= 15 is 0 Å². The molecule has 0 aliphatic rings. The number of nitrogens with zero attached hydrogens (tertiary/aromatic N) is 3. The monoisotopic (exact) mass is 335 g/mol. The molecule has 0 amide bonds. The van der Waals surface area contributed by atoms with Crippen LogP contribution < -0.4 is 10.6 Å². The van der Waals surface area contributed by atoms with Crippen LogP contribution in [0.1, 0.15) is 0 Å². The van der Waals surface area contributed by atoms with Crippen LogP contribution in [-0.4, -0.2) is 42.1 Å². The molecule has 0 fully saturated rings. The molecular weight excluding hydrogens is 318 g/mol. The predicted molar refractivity (Wildman–Crippen MR) is 86.5 cm³/mol. The van der Waals surface area contributed by atoms with E-state index in [1.165, 1.54) is 0 Å². The molecule has 1 heterocycles. The number of benzene rings is 1. The molecule has 0 radical (unpaired) electrons. The Balaban J connectivity index is 1.96. The van der Waals surface area contributed by atoms with Gasteiger partial charge in [0, 0.05) is 29.4 Å². The van der Waals surface area contributed by atoms with Crippen LogP contribution in [0.2, 0.25) is 0 Å². The van der Waals surface area contributed by atoms with Gasteiger partial charge < -0.3 is 15.5 Å². The fourth-order valence-corrected chi connectivity index (χ4v) is 1.85. The first-order valence-corrected chi connectivity index (χ1v) is 7.17. The van der Waals surface area contributed by atoms with E-state index in [2.05, 4.69) is 41.4 Å². The molecule has 0 bridgehead atoms. The van der Waals surface area contributed by atoms with Gasteiger partial charge >= 0.3 is 0 Å². The number of nitrogens with one attached hydrogen (secondary N) is 2. The lowest BCUT2D eigenvalue weighted by Crippen LogP contribution is -2.21. The van der Waals surface area contributed by atoms with E-state index in [1.54, 1.807) is 6.20 Å². The maximum atomic E-state index is 4.42. The Morgan fingerprint density at radius 1 is 1.15 bits per heavy atom. The lowest BCUT2D eigenvalue weighted by atomic mass is 10.3. The average Bonchev–Trinajstić information content (AvgIpc) is 2.41. The first-order valence-electron chi connectivity index (χ1n) is 6.38. The second-order valence-electron chi connectivity index (χ2n) is 4.63. The Labute approximate surface area is 127 Å². The SMILES string of the molecule is CN(C)CCNc1ccnc(Nc2ccc(Br)cc2)n1. The van der Waals surface area contributed by atoms with Crippen LogP contribution in [0.5, 0.6) is 0 Å². The van der Waals surface area contributed by atoms with Gasteiger partial charge in [0.25, 0.3) is 0 Å². The van der Waals surface area contributed by atoms with Crippen molar-refractivity contribution >= 4 is 33.4 Å². The summed E-state index contributed by atoms with van der Waals surface area (Å²) in [7, 11) is 4.09. The fourth-order valence-electron chi connectivity index (χ4n) is 1.59. The summed E-state index contributed by atoms with van der Waals surface area (Å²) in [5, 5.41) is 6.45. The molecule has 0 atom stereocenters. The molecule has 0 aliphatic heterocycles. The van der Waals surface area contributed by atoms with Crippen molar-refractivity contribution < 1.29 is 0 Å². The lowest BCUT2D eigenvalue weighted by Gasteiger charge is -2.11. The third-order valence-electron chi connectivity index (χ3n) is 2.62. The first-order chi connectivity index (χ1) is 9.63. The van der Waals surface area contributed by atoms with Gasteiger partial charge in [-0.1, -0.05) is 15.9 Å². The molecule has 1 aromatic heterocycles. The fraction of sp³-hybridized carbons (Fsp3) is 0.286. The van der Waals surface area contributed by atoms with Crippen LogP contribution in [0, 0.1) is 0 Å². The average molecular weight is 336 g/mol. The zero-order chi connectivity index (χ0) is 14.4. The van der Waals surface area contributed by atoms with Crippen LogP contribution in [0.25, 0.3) is 0 Å². The number of likely N-dealkylation sites (N-methyl/N-ethyl adjacent to an activating group) is 1. The van der Waals surface area contributed by atoms with Crippen LogP contribution in [-0.2, 0) is 0 Å².